The molecule has 17 heteroatoms. The van der Waals surface area contributed by atoms with E-state index in [0.717, 1.165) is 10.2 Å². The molecule has 2 amide bonds. The minimum Gasteiger partial charge on any atom is -0.554 e. The number of benzene rings is 1. The monoisotopic (exact) mass is 654 g/mol. The van der Waals surface area contributed by atoms with Gasteiger partial charge in [0.05, 0.1) is 44.7 Å². The van der Waals surface area contributed by atoms with Crippen molar-refractivity contribution in [2.75, 3.05) is 59.2 Å². The third-order valence-electron chi connectivity index (χ3n) is 7.22. The molecular weight excluding hydrogens is 621 g/mol. The van der Waals surface area contributed by atoms with Gasteiger partial charge < -0.3 is 29.5 Å². The molecule has 1 aliphatic rings. The summed E-state index contributed by atoms with van der Waals surface area (Å²) in [5, 5.41) is 23.9. The Kier molecular flexibility index (Phi) is 10.1. The fourth-order valence-corrected chi connectivity index (χ4v) is 5.13. The number of rotatable bonds is 7. The number of anilines is 2. The van der Waals surface area contributed by atoms with Crippen LogP contribution in [0.5, 0.6) is 0 Å². The Morgan fingerprint density at radius 2 is 1.79 bits per heavy atom. The zero-order valence-electron chi connectivity index (χ0n) is 26.2. The van der Waals surface area contributed by atoms with Crippen molar-refractivity contribution in [2.24, 2.45) is 0 Å². The van der Waals surface area contributed by atoms with Gasteiger partial charge in [-0.1, -0.05) is 0 Å². The smallest absolute Gasteiger partial charge is 0.435 e. The molecule has 0 bridgehead atoms. The second-order valence-corrected chi connectivity index (χ2v) is 11.7. The van der Waals surface area contributed by atoms with E-state index in [-0.39, 0.29) is 35.3 Å². The number of hydrogen-bond acceptors (Lipinski definition) is 9. The maximum Gasteiger partial charge on any atom is 0.435 e. The Morgan fingerprint density at radius 1 is 1.13 bits per heavy atom. The number of amides is 2. The van der Waals surface area contributed by atoms with E-state index in [9.17, 15) is 22.8 Å². The van der Waals surface area contributed by atoms with Gasteiger partial charge in [-0.15, -0.1) is 0 Å². The van der Waals surface area contributed by atoms with Gasteiger partial charge in [-0.05, 0) is 30.7 Å². The lowest BCUT2D eigenvalue weighted by molar-refractivity contribution is -0.862. The van der Waals surface area contributed by atoms with Gasteiger partial charge in [-0.25, -0.2) is 9.97 Å². The molecule has 0 spiro atoms. The van der Waals surface area contributed by atoms with Gasteiger partial charge in [-0.3, -0.25) is 18.7 Å². The highest BCUT2D eigenvalue weighted by Crippen LogP contribution is 2.37. The molecule has 0 saturated carbocycles. The molecule has 0 aliphatic carbocycles. The van der Waals surface area contributed by atoms with Crippen LogP contribution in [-0.4, -0.2) is 111 Å². The fraction of sp³-hybridized carbons (Fsp3) is 0.367. The van der Waals surface area contributed by atoms with Crippen LogP contribution in [0.25, 0.3) is 16.9 Å². The number of nitriles is 1. The molecule has 1 aliphatic heterocycles. The number of carbonyl (C=O) groups is 3. The summed E-state index contributed by atoms with van der Waals surface area (Å²) in [5.41, 5.74) is 0.947. The molecule has 14 nitrogen and oxygen atoms in total. The van der Waals surface area contributed by atoms with E-state index >= 15 is 0 Å². The summed E-state index contributed by atoms with van der Waals surface area (Å²) < 4.78 is 44.2. The van der Waals surface area contributed by atoms with Crippen LogP contribution in [0.1, 0.15) is 21.6 Å². The Morgan fingerprint density at radius 3 is 2.38 bits per heavy atom. The van der Waals surface area contributed by atoms with Crippen LogP contribution in [0.3, 0.4) is 0 Å². The molecule has 248 valence electrons. The zero-order chi connectivity index (χ0) is 34.5. The highest BCUT2D eigenvalue weighted by Gasteiger charge is 2.38. The predicted octanol–water partition coefficient (Wildman–Crippen LogP) is 1.54. The molecule has 1 saturated heterocycles. The standard InChI is InChI=1S/C29H31F3N10O2.CH2O2/c1-19-15-20(5-6-21(19)28(44)39-13-11-38(12-14-39)24(43)18-42(2,3)4)36-26-27-35-16-23(41(27)10-8-34-26)22-17-40(9-7-33)37-25(22)29(30,31)32;2-1-3/h5-6,8,10,15-17H,9,11-14,18H2,1-4H3;1H,(H,2,3). The van der Waals surface area contributed by atoms with Crippen LogP contribution in [0, 0.1) is 18.3 Å². The molecule has 0 radical (unpaired) electrons. The molecular formula is C30H33F3N10O4. The number of nitrogens with zero attached hydrogens (tertiary/aromatic N) is 9. The second kappa shape index (κ2) is 13.9. The average Bonchev–Trinajstić information content (AvgIpc) is 3.62. The fourth-order valence-electron chi connectivity index (χ4n) is 5.13. The number of hydrogen-bond donors (Lipinski definition) is 1. The topological polar surface area (TPSA) is 165 Å². The third kappa shape index (κ3) is 8.02. The van der Waals surface area contributed by atoms with Crippen molar-refractivity contribution in [1.82, 2.24) is 33.9 Å². The van der Waals surface area contributed by atoms with Crippen LogP contribution < -0.4 is 10.4 Å². The van der Waals surface area contributed by atoms with Crippen LogP contribution in [0.15, 0.2) is 43.0 Å². The maximum atomic E-state index is 13.8. The van der Waals surface area contributed by atoms with E-state index < -0.39 is 18.3 Å². The summed E-state index contributed by atoms with van der Waals surface area (Å²) in [6, 6.07) is 7.02. The van der Waals surface area contributed by atoms with Gasteiger partial charge in [0.25, 0.3) is 11.8 Å². The van der Waals surface area contributed by atoms with E-state index in [1.807, 2.05) is 28.1 Å². The number of carbonyl (C=O) groups excluding carboxylic acids is 3. The third-order valence-corrected chi connectivity index (χ3v) is 7.22. The number of halogens is 3. The summed E-state index contributed by atoms with van der Waals surface area (Å²) in [6.45, 7) is 3.23. The minimum atomic E-state index is -4.73. The minimum absolute atomic E-state index is 0.0688. The van der Waals surface area contributed by atoms with Gasteiger partial charge in [0.1, 0.15) is 6.54 Å². The molecule has 3 aromatic heterocycles. The Hall–Kier alpha value is -5.50. The Labute approximate surface area is 267 Å². The lowest BCUT2D eigenvalue weighted by Gasteiger charge is -2.36. The average molecular weight is 655 g/mol. The van der Waals surface area contributed by atoms with Gasteiger partial charge in [-0.2, -0.15) is 23.5 Å². The number of piperazine rings is 1. The number of imidazole rings is 1. The first kappa shape index (κ1) is 34.4. The van der Waals surface area contributed by atoms with E-state index in [4.69, 9.17) is 15.2 Å². The number of alkyl halides is 3. The first-order chi connectivity index (χ1) is 22.2. The molecule has 1 aromatic carbocycles. The molecule has 1 N–H and O–H groups in total. The van der Waals surface area contributed by atoms with Crippen LogP contribution in [0.4, 0.5) is 24.7 Å². The van der Waals surface area contributed by atoms with Gasteiger partial charge in [0.15, 0.2) is 23.7 Å². The summed E-state index contributed by atoms with van der Waals surface area (Å²) >= 11 is 0. The summed E-state index contributed by atoms with van der Waals surface area (Å²) in [6.07, 6.45) is 0.663. The van der Waals surface area contributed by atoms with E-state index in [2.05, 4.69) is 20.4 Å². The number of aryl methyl sites for hydroxylation is 1. The molecule has 4 aromatic rings. The number of likely N-dealkylation sites (N-methyl/N-ethyl adjacent to an activating group) is 1. The summed E-state index contributed by atoms with van der Waals surface area (Å²) in [4.78, 5) is 46.3. The second-order valence-electron chi connectivity index (χ2n) is 11.7. The summed E-state index contributed by atoms with van der Waals surface area (Å²) in [7, 11) is 5.89. The lowest BCUT2D eigenvalue weighted by atomic mass is 10.1. The Bertz CT molecular complexity index is 1810. The van der Waals surface area contributed by atoms with Crippen molar-refractivity contribution in [1.29, 1.82) is 5.26 Å². The SMILES string of the molecule is Cc1cc(Nc2nccn3c(-c4cn(CC#N)nc4C(F)(F)F)cnc23)ccc1C(=O)N1CCN(C(=O)C[N+](C)(C)C)CC1.O=C[O-]. The maximum absolute atomic E-state index is 13.8. The van der Waals surface area contributed by atoms with Crippen molar-refractivity contribution >= 4 is 35.4 Å². The highest BCUT2D eigenvalue weighted by molar-refractivity contribution is 5.96. The quantitative estimate of drug-likeness (QED) is 0.230. The molecule has 1 fully saturated rings. The van der Waals surface area contributed by atoms with Gasteiger partial charge >= 0.3 is 6.18 Å². The number of aromatic nitrogens is 5. The van der Waals surface area contributed by atoms with Crippen LogP contribution in [-0.2, 0) is 22.3 Å². The predicted molar refractivity (Wildman–Crippen MR) is 161 cm³/mol. The van der Waals surface area contributed by atoms with Crippen molar-refractivity contribution in [3.05, 3.63) is 59.8 Å². The van der Waals surface area contributed by atoms with Crippen LogP contribution >= 0.6 is 0 Å². The van der Waals surface area contributed by atoms with Crippen molar-refractivity contribution in [3.8, 4) is 17.3 Å². The number of quaternary nitrogens is 1. The number of fused-ring (bicyclic) bond motifs is 1. The van der Waals surface area contributed by atoms with Gasteiger partial charge in [0, 0.05) is 62.5 Å². The first-order valence-electron chi connectivity index (χ1n) is 14.3. The molecule has 0 unspecified atom stereocenters. The van der Waals surface area contributed by atoms with E-state index in [1.165, 1.54) is 29.2 Å². The van der Waals surface area contributed by atoms with Crippen molar-refractivity contribution in [2.45, 2.75) is 19.6 Å². The van der Waals surface area contributed by atoms with E-state index in [0.29, 0.717) is 54.3 Å². The number of carboxylic acid groups (broad SMARTS) is 1. The number of nitrogens with one attached hydrogen (secondary N) is 1. The van der Waals surface area contributed by atoms with Crippen LogP contribution in [0.2, 0.25) is 0 Å². The van der Waals surface area contributed by atoms with Crippen molar-refractivity contribution in [3.63, 3.8) is 0 Å². The van der Waals surface area contributed by atoms with Gasteiger partial charge in [0.2, 0.25) is 0 Å². The highest BCUT2D eigenvalue weighted by atomic mass is 19.4. The van der Waals surface area contributed by atoms with Crippen molar-refractivity contribution < 1.29 is 37.1 Å². The molecule has 0 atom stereocenters. The molecule has 47 heavy (non-hydrogen) atoms. The first-order valence-corrected chi connectivity index (χ1v) is 14.3. The zero-order valence-corrected chi connectivity index (χ0v) is 26.2. The van der Waals surface area contributed by atoms with E-state index in [1.54, 1.807) is 34.1 Å². The largest absolute Gasteiger partial charge is 0.554 e. The Balaban J connectivity index is 0.00000160. The molecule has 5 rings (SSSR count). The molecule has 4 heterocycles. The normalized spacial score (nSPS) is 13.5. The summed E-state index contributed by atoms with van der Waals surface area (Å²) in [5.74, 6) is 0.243. The lowest BCUT2D eigenvalue weighted by Crippen LogP contribution is -2.54.